The highest BCUT2D eigenvalue weighted by atomic mass is 16.6. The van der Waals surface area contributed by atoms with Crippen LogP contribution >= 0.6 is 0 Å². The van der Waals surface area contributed by atoms with Crippen LogP contribution in [0.1, 0.15) is 310 Å². The number of esters is 3. The van der Waals surface area contributed by atoms with Crippen molar-refractivity contribution < 1.29 is 28.6 Å². The zero-order chi connectivity index (χ0) is 52.2. The van der Waals surface area contributed by atoms with Gasteiger partial charge in [-0.15, -0.1) is 0 Å². The number of carbonyl (C=O) groups is 3. The Morgan fingerprint density at radius 1 is 0.278 bits per heavy atom. The monoisotopic (exact) mass is 1000 g/mol. The number of hydrogen-bond donors (Lipinski definition) is 0. The van der Waals surface area contributed by atoms with Crippen molar-refractivity contribution in [1.82, 2.24) is 0 Å². The van der Waals surface area contributed by atoms with E-state index < -0.39 is 6.10 Å². The first-order valence-corrected chi connectivity index (χ1v) is 30.9. The highest BCUT2D eigenvalue weighted by Crippen LogP contribution is 2.16. The Balaban J connectivity index is 4.30. The SMILES string of the molecule is CCCC/C=C\C/C=C\CCCCCCCC(=O)OCC(COC(=O)CCCCCCCCCCCCCCC/C=C\C/C=C\CCCCCCC)OC(=O)CCCCCCC/C=C\C/C=C\CCCCC. The Morgan fingerprint density at radius 2 is 0.514 bits per heavy atom. The summed E-state index contributed by atoms with van der Waals surface area (Å²) in [7, 11) is 0. The summed E-state index contributed by atoms with van der Waals surface area (Å²) >= 11 is 0. The van der Waals surface area contributed by atoms with Crippen molar-refractivity contribution >= 4 is 17.9 Å². The molecule has 0 bridgehead atoms. The third-order valence-electron chi connectivity index (χ3n) is 13.4. The molecular weight excluding hydrogens is 889 g/mol. The number of carbonyl (C=O) groups excluding carboxylic acids is 3. The summed E-state index contributed by atoms with van der Waals surface area (Å²) in [6.45, 7) is 6.56. The quantitative estimate of drug-likeness (QED) is 0.0261. The molecule has 0 rings (SSSR count). The van der Waals surface area contributed by atoms with E-state index in [9.17, 15) is 14.4 Å². The molecule has 72 heavy (non-hydrogen) atoms. The molecule has 0 aliphatic carbocycles. The molecule has 0 heterocycles. The van der Waals surface area contributed by atoms with E-state index in [0.29, 0.717) is 19.3 Å². The molecule has 0 saturated heterocycles. The summed E-state index contributed by atoms with van der Waals surface area (Å²) in [5, 5.41) is 0. The third kappa shape index (κ3) is 57.7. The average molecular weight is 1010 g/mol. The van der Waals surface area contributed by atoms with Gasteiger partial charge in [0.1, 0.15) is 13.2 Å². The van der Waals surface area contributed by atoms with Crippen molar-refractivity contribution in [2.75, 3.05) is 13.2 Å². The minimum Gasteiger partial charge on any atom is -0.462 e. The van der Waals surface area contributed by atoms with Crippen LogP contribution in [-0.2, 0) is 28.6 Å². The van der Waals surface area contributed by atoms with Crippen LogP contribution < -0.4 is 0 Å². The van der Waals surface area contributed by atoms with Crippen molar-refractivity contribution in [3.63, 3.8) is 0 Å². The molecule has 1 atom stereocenters. The van der Waals surface area contributed by atoms with Crippen molar-refractivity contribution in [3.8, 4) is 0 Å². The van der Waals surface area contributed by atoms with Crippen LogP contribution in [0.4, 0.5) is 0 Å². The van der Waals surface area contributed by atoms with Gasteiger partial charge in [-0.3, -0.25) is 14.4 Å². The lowest BCUT2D eigenvalue weighted by Gasteiger charge is -2.18. The average Bonchev–Trinajstić information content (AvgIpc) is 3.38. The van der Waals surface area contributed by atoms with Crippen molar-refractivity contribution in [3.05, 3.63) is 72.9 Å². The van der Waals surface area contributed by atoms with Gasteiger partial charge in [0, 0.05) is 19.3 Å². The molecule has 6 nitrogen and oxygen atoms in total. The van der Waals surface area contributed by atoms with Crippen LogP contribution in [-0.4, -0.2) is 37.2 Å². The summed E-state index contributed by atoms with van der Waals surface area (Å²) in [6, 6.07) is 0. The van der Waals surface area contributed by atoms with E-state index in [4.69, 9.17) is 14.2 Å². The fraction of sp³-hybridized carbons (Fsp3) is 0.773. The molecule has 6 heteroatoms. The molecule has 0 aromatic carbocycles. The van der Waals surface area contributed by atoms with Crippen LogP contribution in [0, 0.1) is 0 Å². The van der Waals surface area contributed by atoms with Gasteiger partial charge < -0.3 is 14.2 Å². The zero-order valence-corrected chi connectivity index (χ0v) is 47.7. The maximum atomic E-state index is 12.9. The second-order valence-corrected chi connectivity index (χ2v) is 20.6. The van der Waals surface area contributed by atoms with E-state index in [1.807, 2.05) is 0 Å². The molecule has 0 spiro atoms. The fourth-order valence-corrected chi connectivity index (χ4v) is 8.70. The molecule has 0 amide bonds. The van der Waals surface area contributed by atoms with E-state index in [1.54, 1.807) is 0 Å². The van der Waals surface area contributed by atoms with Gasteiger partial charge in [-0.1, -0.05) is 254 Å². The van der Waals surface area contributed by atoms with Gasteiger partial charge in [-0.2, -0.15) is 0 Å². The number of ether oxygens (including phenoxy) is 3. The van der Waals surface area contributed by atoms with E-state index in [0.717, 1.165) is 109 Å². The predicted octanol–water partition coefficient (Wildman–Crippen LogP) is 20.9. The summed E-state index contributed by atoms with van der Waals surface area (Å²) in [5.74, 6) is -0.904. The Labute approximate surface area is 446 Å². The van der Waals surface area contributed by atoms with E-state index >= 15 is 0 Å². The summed E-state index contributed by atoms with van der Waals surface area (Å²) in [6.07, 6.45) is 77.6. The van der Waals surface area contributed by atoms with E-state index in [2.05, 4.69) is 93.7 Å². The molecule has 0 aliphatic heterocycles. The van der Waals surface area contributed by atoms with Gasteiger partial charge in [-0.05, 0) is 109 Å². The summed E-state index contributed by atoms with van der Waals surface area (Å²) in [5.41, 5.74) is 0. The van der Waals surface area contributed by atoms with Gasteiger partial charge in [0.2, 0.25) is 0 Å². The topological polar surface area (TPSA) is 78.9 Å². The number of rotatable bonds is 56. The summed E-state index contributed by atoms with van der Waals surface area (Å²) in [4.78, 5) is 38.2. The van der Waals surface area contributed by atoms with Crippen LogP contribution in [0.2, 0.25) is 0 Å². The highest BCUT2D eigenvalue weighted by Gasteiger charge is 2.19. The number of hydrogen-bond acceptors (Lipinski definition) is 6. The Morgan fingerprint density at radius 3 is 0.833 bits per heavy atom. The lowest BCUT2D eigenvalue weighted by atomic mass is 10.0. The van der Waals surface area contributed by atoms with Gasteiger partial charge in [-0.25, -0.2) is 0 Å². The van der Waals surface area contributed by atoms with Crippen LogP contribution in [0.25, 0.3) is 0 Å². The molecule has 0 fully saturated rings. The Hall–Kier alpha value is -3.15. The minimum atomic E-state index is -0.789. The zero-order valence-electron chi connectivity index (χ0n) is 47.7. The normalized spacial score (nSPS) is 12.5. The van der Waals surface area contributed by atoms with Crippen LogP contribution in [0.5, 0.6) is 0 Å². The largest absolute Gasteiger partial charge is 0.462 e. The number of allylic oxidation sites excluding steroid dienone is 12. The minimum absolute atomic E-state index is 0.0849. The Kier molecular flexibility index (Phi) is 57.8. The lowest BCUT2D eigenvalue weighted by molar-refractivity contribution is -0.167. The molecule has 0 aromatic heterocycles. The molecule has 0 aliphatic rings. The fourth-order valence-electron chi connectivity index (χ4n) is 8.70. The summed E-state index contributed by atoms with van der Waals surface area (Å²) < 4.78 is 16.9. The first-order valence-electron chi connectivity index (χ1n) is 30.9. The number of unbranched alkanes of at least 4 members (excludes halogenated alkanes) is 33. The van der Waals surface area contributed by atoms with Gasteiger partial charge >= 0.3 is 17.9 Å². The second kappa shape index (κ2) is 60.4. The van der Waals surface area contributed by atoms with Gasteiger partial charge in [0.15, 0.2) is 6.10 Å². The molecule has 416 valence electrons. The van der Waals surface area contributed by atoms with Crippen LogP contribution in [0.15, 0.2) is 72.9 Å². The van der Waals surface area contributed by atoms with Gasteiger partial charge in [0.25, 0.3) is 0 Å². The molecule has 0 N–H and O–H groups in total. The maximum Gasteiger partial charge on any atom is 0.306 e. The van der Waals surface area contributed by atoms with Gasteiger partial charge in [0.05, 0.1) is 0 Å². The van der Waals surface area contributed by atoms with Crippen molar-refractivity contribution in [2.45, 2.75) is 316 Å². The maximum absolute atomic E-state index is 12.9. The van der Waals surface area contributed by atoms with Crippen LogP contribution in [0.3, 0.4) is 0 Å². The predicted molar refractivity (Wildman–Crippen MR) is 311 cm³/mol. The van der Waals surface area contributed by atoms with E-state index in [-0.39, 0.29) is 31.1 Å². The van der Waals surface area contributed by atoms with Crippen molar-refractivity contribution in [1.29, 1.82) is 0 Å². The van der Waals surface area contributed by atoms with E-state index in [1.165, 1.54) is 161 Å². The standard InChI is InChI=1S/C66H116O6/c1-4-7-10-13-16-19-22-25-28-29-30-31-32-33-34-35-36-37-39-41-44-47-50-53-56-59-65(68)71-62-63(61-70-64(67)58-55-52-49-46-43-40-27-24-21-18-15-12-9-6-3)72-66(69)60-57-54-51-48-45-42-38-26-23-20-17-14-11-8-5-2/h15,17-18,20,22,24-27,29-30,38,63H,4-14,16,19,21,23,28,31-37,39-62H2,1-3H3/b18-15-,20-17-,25-22-,27-24-,30-29-,38-26-. The molecular formula is C66H116O6. The second-order valence-electron chi connectivity index (χ2n) is 20.6. The lowest BCUT2D eigenvalue weighted by Crippen LogP contribution is -2.30. The Bertz CT molecular complexity index is 1340. The molecule has 0 saturated carbocycles. The first kappa shape index (κ1) is 68.8. The van der Waals surface area contributed by atoms with Crippen molar-refractivity contribution in [2.24, 2.45) is 0 Å². The smallest absolute Gasteiger partial charge is 0.306 e. The molecule has 0 radical (unpaired) electrons. The molecule has 1 unspecified atom stereocenters. The molecule has 0 aromatic rings. The third-order valence-corrected chi connectivity index (χ3v) is 13.4. The first-order chi connectivity index (χ1) is 35.5. The highest BCUT2D eigenvalue weighted by molar-refractivity contribution is 5.71.